The number of rotatable bonds is 34. The fourth-order valence-electron chi connectivity index (χ4n) is 7.33. The van der Waals surface area contributed by atoms with E-state index in [1.54, 1.807) is 48.5 Å². The Hall–Kier alpha value is -4.84. The Labute approximate surface area is 442 Å². The minimum absolute atomic E-state index is 0. The van der Waals surface area contributed by atoms with Crippen LogP contribution in [0.3, 0.4) is 0 Å². The predicted molar refractivity (Wildman–Crippen MR) is 285 cm³/mol. The highest BCUT2D eigenvalue weighted by Gasteiger charge is 2.30. The van der Waals surface area contributed by atoms with Gasteiger partial charge in [0.1, 0.15) is 37.4 Å². The van der Waals surface area contributed by atoms with Gasteiger partial charge in [-0.05, 0) is 95.0 Å². The van der Waals surface area contributed by atoms with Gasteiger partial charge in [0.15, 0.2) is 0 Å². The molecule has 3 aromatic rings. The second kappa shape index (κ2) is 38.8. The minimum atomic E-state index is -1.14. The molecule has 0 unspecified atom stereocenters. The van der Waals surface area contributed by atoms with Gasteiger partial charge in [0.05, 0.1) is 0 Å². The Bertz CT molecular complexity index is 2010. The van der Waals surface area contributed by atoms with Gasteiger partial charge >= 0.3 is 12.2 Å². The number of halogens is 4. The van der Waals surface area contributed by atoms with E-state index in [0.29, 0.717) is 85.8 Å². The Morgan fingerprint density at radius 1 is 0.479 bits per heavy atom. The normalized spacial score (nSPS) is 12.3. The number of carbonyl (C=O) groups is 6. The third-order valence-electron chi connectivity index (χ3n) is 11.3. The number of benzene rings is 3. The maximum absolute atomic E-state index is 14.3. The molecule has 0 aromatic heterocycles. The van der Waals surface area contributed by atoms with E-state index in [1.165, 1.54) is 6.42 Å². The highest BCUT2D eigenvalue weighted by atomic mass is 35.5. The molecule has 10 N–H and O–H groups in total. The van der Waals surface area contributed by atoms with Crippen molar-refractivity contribution in [3.05, 3.63) is 106 Å². The third-order valence-corrected chi connectivity index (χ3v) is 12.1. The van der Waals surface area contributed by atoms with E-state index in [9.17, 15) is 28.8 Å². The molecule has 0 fully saturated rings. The molecule has 396 valence electrons. The average Bonchev–Trinajstić information content (AvgIpc) is 3.34. The van der Waals surface area contributed by atoms with E-state index in [2.05, 4.69) is 38.8 Å². The molecule has 3 rings (SSSR count). The van der Waals surface area contributed by atoms with Crippen LogP contribution in [0.25, 0.3) is 0 Å². The number of nitrogens with two attached hydrogens (primary N) is 2. The number of hydrogen-bond donors (Lipinski definition) is 8. The van der Waals surface area contributed by atoms with Gasteiger partial charge < -0.3 is 52.8 Å². The zero-order chi connectivity index (χ0) is 50.1. The molecule has 0 saturated heterocycles. The molecule has 0 saturated carbocycles. The van der Waals surface area contributed by atoms with E-state index < -0.39 is 54.1 Å². The zero-order valence-electron chi connectivity index (χ0n) is 40.9. The SMILES string of the molecule is CCCCCCCCNC(=O)[C@H](Cc1ccccc1)NC(=O)[C@H](CCCCNC(=O)[C@H](CCCCN)NC(=O)OCc1ccccc1Cl)NC(=O)[C@H](CCCCN)NC(=O)OCc1ccccc1Cl.Cl.Cl. The molecular weight excluding hydrogens is 994 g/mol. The molecule has 20 heteroatoms. The maximum Gasteiger partial charge on any atom is 0.408 e. The number of nitrogens with one attached hydrogen (secondary N) is 6. The van der Waals surface area contributed by atoms with Gasteiger partial charge in [0.2, 0.25) is 23.6 Å². The first kappa shape index (κ1) is 64.2. The fourth-order valence-corrected chi connectivity index (χ4v) is 7.71. The molecule has 0 aliphatic carbocycles. The van der Waals surface area contributed by atoms with Crippen LogP contribution < -0.4 is 43.4 Å². The minimum Gasteiger partial charge on any atom is -0.445 e. The standard InChI is InChI=1S/C51H74Cl2N8O8.2ClH/c1-2-3-4-5-6-19-32-57-47(63)45(34-37-21-8-7-9-22-37)59-48(64)43(58-49(65)44(28-15-18-31-55)61-51(67)69-36-39-24-11-13-26-41(39)53)29-16-20-33-56-46(62)42(27-14-17-30-54)60-50(66)68-35-38-23-10-12-25-40(38)52;;/h7-13,21-26,42-45H,2-6,14-20,27-36,54-55H2,1H3,(H,56,62)(H,57,63)(H,58,65)(H,59,64)(H,60,66)(H,61,67);2*1H/t42-,43-,44-,45-;;/m0../s1. The van der Waals surface area contributed by atoms with Gasteiger partial charge in [0, 0.05) is 40.7 Å². The van der Waals surface area contributed by atoms with Crippen molar-refractivity contribution < 1.29 is 38.2 Å². The Balaban J connectivity index is 0.0000126. The first-order valence-corrected chi connectivity index (χ1v) is 25.1. The molecular formula is C51H76Cl4N8O8. The fraction of sp³-hybridized carbons (Fsp3) is 0.529. The second-order valence-electron chi connectivity index (χ2n) is 17.0. The van der Waals surface area contributed by atoms with Crippen LogP contribution >= 0.6 is 48.0 Å². The van der Waals surface area contributed by atoms with Gasteiger partial charge in [-0.3, -0.25) is 19.2 Å². The lowest BCUT2D eigenvalue weighted by Crippen LogP contribution is -2.57. The summed E-state index contributed by atoms with van der Waals surface area (Å²) in [6.07, 6.45) is 8.55. The van der Waals surface area contributed by atoms with Crippen LogP contribution in [0.4, 0.5) is 9.59 Å². The highest BCUT2D eigenvalue weighted by molar-refractivity contribution is 6.31. The van der Waals surface area contributed by atoms with E-state index in [0.717, 1.165) is 37.7 Å². The summed E-state index contributed by atoms with van der Waals surface area (Å²) >= 11 is 12.5. The van der Waals surface area contributed by atoms with E-state index in [-0.39, 0.29) is 69.7 Å². The lowest BCUT2D eigenvalue weighted by molar-refractivity contribution is -0.132. The van der Waals surface area contributed by atoms with Crippen molar-refractivity contribution in [1.82, 2.24) is 31.9 Å². The number of carbonyl (C=O) groups excluding carboxylic acids is 6. The lowest BCUT2D eigenvalue weighted by Gasteiger charge is -2.26. The number of hydrogen-bond acceptors (Lipinski definition) is 10. The van der Waals surface area contributed by atoms with E-state index in [1.807, 2.05) is 30.3 Å². The van der Waals surface area contributed by atoms with Crippen molar-refractivity contribution in [2.24, 2.45) is 11.5 Å². The third kappa shape index (κ3) is 27.0. The summed E-state index contributed by atoms with van der Waals surface area (Å²) in [7, 11) is 0. The molecule has 0 radical (unpaired) electrons. The smallest absolute Gasteiger partial charge is 0.408 e. The molecule has 0 aliphatic heterocycles. The summed E-state index contributed by atoms with van der Waals surface area (Å²) in [5.41, 5.74) is 13.5. The van der Waals surface area contributed by atoms with Crippen molar-refractivity contribution in [2.75, 3.05) is 26.2 Å². The monoisotopic (exact) mass is 1070 g/mol. The molecule has 4 atom stereocenters. The Kier molecular flexibility index (Phi) is 35.1. The zero-order valence-corrected chi connectivity index (χ0v) is 44.0. The van der Waals surface area contributed by atoms with Crippen molar-refractivity contribution >= 4 is 83.8 Å². The summed E-state index contributed by atoms with van der Waals surface area (Å²) in [6.45, 7) is 3.37. The Morgan fingerprint density at radius 2 is 0.873 bits per heavy atom. The average molecular weight is 1070 g/mol. The molecule has 71 heavy (non-hydrogen) atoms. The van der Waals surface area contributed by atoms with Crippen LogP contribution in [-0.2, 0) is 48.3 Å². The molecule has 0 spiro atoms. The van der Waals surface area contributed by atoms with Gasteiger partial charge in [-0.15, -0.1) is 24.8 Å². The predicted octanol–water partition coefficient (Wildman–Crippen LogP) is 7.96. The van der Waals surface area contributed by atoms with Crippen LogP contribution in [0, 0.1) is 0 Å². The van der Waals surface area contributed by atoms with Crippen LogP contribution in [0.2, 0.25) is 10.0 Å². The second-order valence-corrected chi connectivity index (χ2v) is 17.8. The first-order chi connectivity index (χ1) is 33.4. The first-order valence-electron chi connectivity index (χ1n) is 24.4. The van der Waals surface area contributed by atoms with Crippen molar-refractivity contribution in [3.63, 3.8) is 0 Å². The van der Waals surface area contributed by atoms with E-state index in [4.69, 9.17) is 44.1 Å². The largest absolute Gasteiger partial charge is 0.445 e. The van der Waals surface area contributed by atoms with Gasteiger partial charge in [-0.25, -0.2) is 9.59 Å². The number of amides is 6. The van der Waals surface area contributed by atoms with Crippen LogP contribution in [0.1, 0.15) is 120 Å². The van der Waals surface area contributed by atoms with Gasteiger partial charge in [-0.1, -0.05) is 129 Å². The summed E-state index contributed by atoms with van der Waals surface area (Å²) < 4.78 is 10.8. The molecule has 0 aliphatic rings. The number of alkyl carbamates (subject to hydrolysis) is 2. The van der Waals surface area contributed by atoms with Crippen LogP contribution in [0.15, 0.2) is 78.9 Å². The summed E-state index contributed by atoms with van der Waals surface area (Å²) in [4.78, 5) is 81.4. The molecule has 6 amide bonds. The number of unbranched alkanes of at least 4 members (excludes halogenated alkanes) is 8. The summed E-state index contributed by atoms with van der Waals surface area (Å²) in [5, 5.41) is 17.8. The summed E-state index contributed by atoms with van der Waals surface area (Å²) in [5.74, 6) is -1.99. The van der Waals surface area contributed by atoms with Crippen LogP contribution in [0.5, 0.6) is 0 Å². The van der Waals surface area contributed by atoms with E-state index >= 15 is 0 Å². The number of ether oxygens (including phenoxy) is 2. The quantitative estimate of drug-likeness (QED) is 0.0268. The Morgan fingerprint density at radius 3 is 1.37 bits per heavy atom. The maximum atomic E-state index is 14.3. The molecule has 0 heterocycles. The highest BCUT2D eigenvalue weighted by Crippen LogP contribution is 2.17. The summed E-state index contributed by atoms with van der Waals surface area (Å²) in [6, 6.07) is 19.1. The molecule has 3 aromatic carbocycles. The lowest BCUT2D eigenvalue weighted by atomic mass is 10.0. The van der Waals surface area contributed by atoms with Gasteiger partial charge in [0.25, 0.3) is 0 Å². The van der Waals surface area contributed by atoms with Crippen molar-refractivity contribution in [3.8, 4) is 0 Å². The van der Waals surface area contributed by atoms with Crippen molar-refractivity contribution in [2.45, 2.75) is 147 Å². The topological polar surface area (TPSA) is 245 Å². The molecule has 16 nitrogen and oxygen atoms in total. The van der Waals surface area contributed by atoms with Gasteiger partial charge in [-0.2, -0.15) is 0 Å². The molecule has 0 bridgehead atoms. The van der Waals surface area contributed by atoms with Crippen molar-refractivity contribution in [1.29, 1.82) is 0 Å². The van der Waals surface area contributed by atoms with Crippen LogP contribution in [-0.4, -0.2) is 86.2 Å².